The predicted octanol–water partition coefficient (Wildman–Crippen LogP) is 8.66. The second-order valence-corrected chi connectivity index (χ2v) is 43.2. The number of nitrogens with zero attached hydrogens (tertiary/aromatic N) is 17. The Morgan fingerprint density at radius 3 is 0.825 bits per heavy atom. The van der Waals surface area contributed by atoms with Crippen molar-refractivity contribution in [2.45, 2.75) is 224 Å². The molecule has 2 unspecified atom stereocenters. The van der Waals surface area contributed by atoms with E-state index in [1.807, 2.05) is 0 Å². The summed E-state index contributed by atoms with van der Waals surface area (Å²) in [6.45, 7) is 17.2. The molecule has 20 heterocycles. The normalized spacial score (nSPS) is 36.0. The SMILES string of the molecule is CC(C)OP1(=O)OC[C@H]2O[C@@H](n3cnc4c(=O)[nH]c(N)nc43)[C@@](F)(Cl)[C@@H]2O1.CC(C)O[P@@]1(=O)OC[C@H]2O[C@@H](n3cnc4c(=O)[nH]c(N)nc43)[C@@](F)(Cl)[C@@H]2O1.CC(C)O[P@]1(=O)OC[C@H]2O[C@@H](n3cnc4c(=O)[nH]c(N)nc43)[C@@](F)(Cl)[C@@H]2O1.CC(C)O[P@]1(=O)OC[C@H]2O[C@@H](n3cnc4c(N)nc(N)nc43)[C@@](F)(Cl)[C@@H]2O1.CCOc1nc(N)nc2c1ncn2[C@@H]1O[C@@H]2COP(=O)(OC(C)C)O[C@H]2[C@]1(F)Cl. The fourth-order valence-corrected chi connectivity index (χ4v) is 25.1. The summed E-state index contributed by atoms with van der Waals surface area (Å²) in [5, 5.41) is -13.2. The summed E-state index contributed by atoms with van der Waals surface area (Å²) in [5.41, 5.74) is 32.4. The van der Waals surface area contributed by atoms with Crippen LogP contribution in [0.4, 0.5) is 57.5 Å². The first-order valence-corrected chi connectivity index (χ1v) is 50.0. The zero-order valence-corrected chi connectivity index (χ0v) is 80.8. The molecule has 0 radical (unpaired) electrons. The van der Waals surface area contributed by atoms with Crippen LogP contribution in [0.1, 0.15) is 107 Å². The van der Waals surface area contributed by atoms with Crippen LogP contribution in [0, 0.1) is 0 Å². The number of phosphoric ester groups is 5. The highest BCUT2D eigenvalue weighted by atomic mass is 35.5. The van der Waals surface area contributed by atoms with E-state index in [1.54, 1.807) is 76.2 Å². The van der Waals surface area contributed by atoms with Crippen LogP contribution >= 0.6 is 97.1 Å². The van der Waals surface area contributed by atoms with E-state index in [0.29, 0.717) is 6.61 Å². The molecule has 10 fully saturated rings. The number of aromatic nitrogens is 20. The van der Waals surface area contributed by atoms with E-state index in [0.717, 1.165) is 32.7 Å². The molecule has 752 valence electrons. The molecule has 0 bridgehead atoms. The fraction of sp³-hybridized carbons (Fsp3) is 0.627. The number of rotatable bonds is 17. The van der Waals surface area contributed by atoms with Crippen molar-refractivity contribution in [1.82, 2.24) is 97.6 Å². The van der Waals surface area contributed by atoms with Crippen molar-refractivity contribution in [3.05, 3.63) is 62.7 Å². The number of fused-ring (bicyclic) bond motifs is 10. The van der Waals surface area contributed by atoms with Crippen molar-refractivity contribution in [2.24, 2.45) is 0 Å². The van der Waals surface area contributed by atoms with E-state index in [1.165, 1.54) is 21.8 Å². The second kappa shape index (κ2) is 37.8. The lowest BCUT2D eigenvalue weighted by molar-refractivity contribution is -0.0734. The summed E-state index contributed by atoms with van der Waals surface area (Å²) in [5.74, 6) is -0.579. The molecule has 10 aliphatic heterocycles. The molecule has 10 aliphatic rings. The number of hydrogen-bond acceptors (Lipinski definition) is 47. The van der Waals surface area contributed by atoms with Crippen LogP contribution in [-0.2, 0) is 114 Å². The predicted molar refractivity (Wildman–Crippen MR) is 464 cm³/mol. The van der Waals surface area contributed by atoms with E-state index in [4.69, 9.17) is 189 Å². The smallest absolute Gasteiger partial charge is 0.475 e. The summed E-state index contributed by atoms with van der Waals surface area (Å²) < 4.78 is 258. The Morgan fingerprint density at radius 1 is 0.365 bits per heavy atom. The number of halogens is 10. The number of alkyl halides is 10. The molecule has 10 aromatic rings. The average Bonchev–Trinajstić information content (AvgIpc) is 1.60. The summed E-state index contributed by atoms with van der Waals surface area (Å²) in [4.78, 5) is 90.3. The van der Waals surface area contributed by atoms with Gasteiger partial charge in [0.2, 0.25) is 35.6 Å². The highest BCUT2D eigenvalue weighted by molar-refractivity contribution is 7.49. The standard InChI is InChI=1S/C15H20ClFN5O6P.C13H17ClFN6O5P.3C13H16ClFN5O6P/c1-4-24-12-9-11(20-14(18)21-12)22(6-19-9)13-15(16,17)10-8(26-13)5-25-29(23,28-10)27-7(2)3;1-5(2)25-27(22)23-3-6-8(26-27)13(14,15)11(24-6)21-4-18-7-9(16)19-12(17)20-10(7)21;3*1-5(2)25-27(22)23-3-6-8(26-27)13(14,15)11(24-6)20-4-17-7-9(20)18-12(16)19-10(7)21/h6-8,10,13H,4-5H2,1-3H3,(H2,18,20,21);4-6,8,11H,3H2,1-2H3,(H4,16,17,19,20);3*4-6,8,11H,3H2,1-2H3,(H3,16,18,19,21)/t8-,10-,13-,15-,29?;6-,8-,11-,13-,27+;6-,8-,11-,13-,27?;6-,8-,11-,13-,27+;6-,8-,11-,13-,27-/m11111/s1. The highest BCUT2D eigenvalue weighted by Gasteiger charge is 2.70. The lowest BCUT2D eigenvalue weighted by Crippen LogP contribution is -2.43. The molecule has 70 heteroatoms. The maximum absolute atomic E-state index is 15.7. The minimum absolute atomic E-state index is 0.0231. The molecule has 10 aromatic heterocycles. The van der Waals surface area contributed by atoms with Crippen LogP contribution < -0.4 is 55.8 Å². The van der Waals surface area contributed by atoms with Crippen molar-refractivity contribution in [1.29, 1.82) is 0 Å². The van der Waals surface area contributed by atoms with Crippen LogP contribution in [-0.4, -0.2) is 254 Å². The summed E-state index contributed by atoms with van der Waals surface area (Å²) >= 11 is 30.6. The monoisotopic (exact) mass is 2140 g/mol. The van der Waals surface area contributed by atoms with Gasteiger partial charge in [0.25, 0.3) is 42.3 Å². The molecule has 0 spiro atoms. The topological polar surface area (TPSA) is 713 Å². The largest absolute Gasteiger partial charge is 0.476 e. The molecule has 137 heavy (non-hydrogen) atoms. The van der Waals surface area contributed by atoms with Crippen LogP contribution in [0.25, 0.3) is 55.8 Å². The Labute approximate surface area is 790 Å². The average molecular weight is 2150 g/mol. The maximum Gasteiger partial charge on any atom is 0.475 e. The van der Waals surface area contributed by atoms with E-state index in [2.05, 4.69) is 74.8 Å². The van der Waals surface area contributed by atoms with Gasteiger partial charge < -0.3 is 62.8 Å². The molecule has 20 rings (SSSR count). The zero-order valence-electron chi connectivity index (χ0n) is 72.6. The number of nitrogens with one attached hydrogen (secondary N) is 3. The first-order chi connectivity index (χ1) is 64.1. The van der Waals surface area contributed by atoms with Gasteiger partial charge in [-0.1, -0.05) is 58.0 Å². The maximum atomic E-state index is 15.7. The molecule has 0 amide bonds. The van der Waals surface area contributed by atoms with Crippen molar-refractivity contribution in [2.75, 3.05) is 74.0 Å². The molecule has 55 nitrogen and oxygen atoms in total. The van der Waals surface area contributed by atoms with Gasteiger partial charge in [-0.05, 0) is 76.2 Å². The van der Waals surface area contributed by atoms with E-state index in [9.17, 15) is 37.2 Å². The Balaban J connectivity index is 0.000000124. The molecule has 0 aliphatic carbocycles. The Kier molecular flexibility index (Phi) is 28.2. The third-order valence-corrected chi connectivity index (χ3v) is 30.6. The third-order valence-electron chi connectivity index (χ3n) is 20.4. The number of imidazole rings is 5. The highest BCUT2D eigenvalue weighted by Crippen LogP contribution is 2.67. The molecular formula is C67H85Cl5F5N26O29P5. The summed E-state index contributed by atoms with van der Waals surface area (Å²) in [7, 11) is -20.0. The van der Waals surface area contributed by atoms with E-state index < -0.39 is 204 Å². The minimum Gasteiger partial charge on any atom is -0.476 e. The number of nitrogens with two attached hydrogens (primary N) is 6. The minimum atomic E-state index is -4.01. The van der Waals surface area contributed by atoms with Gasteiger partial charge in [0, 0.05) is 0 Å². The Hall–Kier alpha value is -7.80. The molecule has 10 saturated heterocycles. The first kappa shape index (κ1) is 102. The van der Waals surface area contributed by atoms with Crippen molar-refractivity contribution in [3.63, 3.8) is 0 Å². The quantitative estimate of drug-likeness (QED) is 0.0234. The molecule has 0 aromatic carbocycles. The number of anilines is 6. The second-order valence-electron chi connectivity index (χ2n) is 32.4. The number of aromatic amines is 3. The van der Waals surface area contributed by atoms with Crippen LogP contribution in [0.15, 0.2) is 46.0 Å². The zero-order chi connectivity index (χ0) is 99.2. The van der Waals surface area contributed by atoms with Crippen LogP contribution in [0.2, 0.25) is 0 Å². The lowest BCUT2D eigenvalue weighted by Gasteiger charge is -2.33. The van der Waals surface area contributed by atoms with Gasteiger partial charge >= 0.3 is 39.1 Å². The first-order valence-electron chi connectivity index (χ1n) is 40.9. The Bertz CT molecular complexity index is 6330. The van der Waals surface area contributed by atoms with Crippen molar-refractivity contribution in [3.8, 4) is 5.88 Å². The van der Waals surface area contributed by atoms with Gasteiger partial charge in [0.1, 0.15) is 36.0 Å². The van der Waals surface area contributed by atoms with Crippen molar-refractivity contribution < 1.29 is 141 Å². The van der Waals surface area contributed by atoms with Gasteiger partial charge in [-0.15, -0.1) is 0 Å². The van der Waals surface area contributed by atoms with E-state index >= 15 is 22.0 Å². The summed E-state index contributed by atoms with van der Waals surface area (Å²) in [6.07, 6.45) is -15.6. The van der Waals surface area contributed by atoms with Gasteiger partial charge in [0.15, 0.2) is 118 Å². The molecule has 25 atom stereocenters. The number of phosphoric acid groups is 5. The van der Waals surface area contributed by atoms with Crippen molar-refractivity contribution >= 4 is 188 Å². The number of nitrogen functional groups attached to an aromatic ring is 6. The molecular weight excluding hydrogens is 2060 g/mol. The summed E-state index contributed by atoms with van der Waals surface area (Å²) in [6, 6.07) is 0. The number of hydrogen-bond donors (Lipinski definition) is 9. The van der Waals surface area contributed by atoms with Crippen LogP contribution in [0.5, 0.6) is 5.88 Å². The lowest BCUT2D eigenvalue weighted by atomic mass is 10.1. The fourth-order valence-electron chi connectivity index (χ4n) is 15.2. The molecule has 15 N–H and O–H groups in total. The van der Waals surface area contributed by atoms with Gasteiger partial charge in [0.05, 0.1) is 102 Å². The van der Waals surface area contributed by atoms with E-state index in [-0.39, 0.29) is 130 Å². The molecule has 0 saturated carbocycles. The number of H-pyrrole nitrogens is 3. The van der Waals surface area contributed by atoms with Gasteiger partial charge in [-0.2, -0.15) is 34.9 Å². The third kappa shape index (κ3) is 19.9. The van der Waals surface area contributed by atoms with Gasteiger partial charge in [-0.25, -0.2) is 69.7 Å². The Morgan fingerprint density at radius 2 is 0.584 bits per heavy atom. The van der Waals surface area contributed by atoms with Gasteiger partial charge in [-0.3, -0.25) is 120 Å². The number of ether oxygens (including phenoxy) is 6. The van der Waals surface area contributed by atoms with Crippen LogP contribution in [0.3, 0.4) is 0 Å².